The number of anilines is 1. The Bertz CT molecular complexity index is 765. The van der Waals surface area contributed by atoms with Crippen LogP contribution in [-0.4, -0.2) is 25.0 Å². The highest BCUT2D eigenvalue weighted by Crippen LogP contribution is 2.14. The van der Waals surface area contributed by atoms with Crippen LogP contribution < -0.4 is 15.4 Å². The molecular formula is C22H26N2O3. The van der Waals surface area contributed by atoms with Crippen LogP contribution in [0.25, 0.3) is 6.08 Å². The second-order valence-corrected chi connectivity index (χ2v) is 6.01. The molecule has 0 fully saturated rings. The molecule has 0 atom stereocenters. The lowest BCUT2D eigenvalue weighted by Gasteiger charge is -2.06. The van der Waals surface area contributed by atoms with E-state index in [0.29, 0.717) is 24.4 Å². The van der Waals surface area contributed by atoms with Gasteiger partial charge >= 0.3 is 0 Å². The number of hydrogen-bond acceptors (Lipinski definition) is 3. The first-order valence-electron chi connectivity index (χ1n) is 9.22. The Balaban J connectivity index is 1.87. The standard InChI is InChI=1S/C22H26N2O3/c1-3-5-16-23-22(26)18-9-11-19(12-10-18)24-21(25)15-8-17-6-13-20(14-7-17)27-4-2/h6-15H,3-5,16H2,1-2H3,(H,23,26)(H,24,25)/b15-8+. The first-order chi connectivity index (χ1) is 13.1. The number of amides is 2. The minimum atomic E-state index is -0.232. The van der Waals surface area contributed by atoms with Crippen molar-refractivity contribution >= 4 is 23.6 Å². The summed E-state index contributed by atoms with van der Waals surface area (Å²) in [6, 6.07) is 14.4. The Hall–Kier alpha value is -3.08. The SMILES string of the molecule is CCCCNC(=O)c1ccc(NC(=O)/C=C/c2ccc(OCC)cc2)cc1. The lowest BCUT2D eigenvalue weighted by molar-refractivity contribution is -0.111. The number of rotatable bonds is 9. The smallest absolute Gasteiger partial charge is 0.251 e. The van der Waals surface area contributed by atoms with E-state index in [-0.39, 0.29) is 11.8 Å². The maximum Gasteiger partial charge on any atom is 0.251 e. The monoisotopic (exact) mass is 366 g/mol. The van der Waals surface area contributed by atoms with Gasteiger partial charge in [-0.15, -0.1) is 0 Å². The molecule has 0 saturated carbocycles. The second kappa shape index (κ2) is 10.8. The summed E-state index contributed by atoms with van der Waals surface area (Å²) in [5.74, 6) is 0.471. The molecule has 142 valence electrons. The number of carbonyl (C=O) groups is 2. The highest BCUT2D eigenvalue weighted by Gasteiger charge is 2.05. The topological polar surface area (TPSA) is 67.4 Å². The summed E-state index contributed by atoms with van der Waals surface area (Å²) in [5, 5.41) is 5.64. The number of hydrogen-bond donors (Lipinski definition) is 2. The summed E-state index contributed by atoms with van der Waals surface area (Å²) < 4.78 is 5.39. The van der Waals surface area contributed by atoms with Gasteiger partial charge in [-0.3, -0.25) is 9.59 Å². The molecule has 2 rings (SSSR count). The largest absolute Gasteiger partial charge is 0.494 e. The Morgan fingerprint density at radius 1 is 1.00 bits per heavy atom. The zero-order valence-corrected chi connectivity index (χ0v) is 15.8. The molecular weight excluding hydrogens is 340 g/mol. The van der Waals surface area contributed by atoms with Gasteiger partial charge in [-0.05, 0) is 61.4 Å². The predicted molar refractivity (Wildman–Crippen MR) is 109 cm³/mol. The lowest BCUT2D eigenvalue weighted by Crippen LogP contribution is -2.24. The van der Waals surface area contributed by atoms with Gasteiger partial charge in [0.2, 0.25) is 5.91 Å². The van der Waals surface area contributed by atoms with E-state index in [2.05, 4.69) is 17.6 Å². The number of unbranched alkanes of at least 4 members (excludes halogenated alkanes) is 1. The van der Waals surface area contributed by atoms with E-state index in [9.17, 15) is 9.59 Å². The van der Waals surface area contributed by atoms with Gasteiger partial charge in [0.05, 0.1) is 6.61 Å². The van der Waals surface area contributed by atoms with Gasteiger partial charge in [-0.1, -0.05) is 25.5 Å². The van der Waals surface area contributed by atoms with E-state index in [1.54, 1.807) is 30.3 Å². The highest BCUT2D eigenvalue weighted by atomic mass is 16.5. The van der Waals surface area contributed by atoms with E-state index in [1.165, 1.54) is 6.08 Å². The van der Waals surface area contributed by atoms with Crippen LogP contribution in [0.3, 0.4) is 0 Å². The van der Waals surface area contributed by atoms with E-state index in [4.69, 9.17) is 4.74 Å². The number of ether oxygens (including phenoxy) is 1. The molecule has 2 aromatic rings. The van der Waals surface area contributed by atoms with E-state index in [1.807, 2.05) is 31.2 Å². The molecule has 2 aromatic carbocycles. The fourth-order valence-corrected chi connectivity index (χ4v) is 2.38. The van der Waals surface area contributed by atoms with Crippen LogP contribution in [-0.2, 0) is 4.79 Å². The summed E-state index contributed by atoms with van der Waals surface area (Å²) in [6.45, 7) is 5.30. The molecule has 0 saturated heterocycles. The molecule has 0 radical (unpaired) electrons. The fourth-order valence-electron chi connectivity index (χ4n) is 2.38. The van der Waals surface area contributed by atoms with Crippen LogP contribution in [0, 0.1) is 0 Å². The van der Waals surface area contributed by atoms with Crippen molar-refractivity contribution in [3.8, 4) is 5.75 Å². The molecule has 0 aliphatic heterocycles. The van der Waals surface area contributed by atoms with Crippen molar-refractivity contribution in [2.75, 3.05) is 18.5 Å². The van der Waals surface area contributed by atoms with E-state index in [0.717, 1.165) is 24.2 Å². The minimum absolute atomic E-state index is 0.100. The van der Waals surface area contributed by atoms with Gasteiger partial charge in [0.1, 0.15) is 5.75 Å². The van der Waals surface area contributed by atoms with Crippen molar-refractivity contribution in [1.82, 2.24) is 5.32 Å². The summed E-state index contributed by atoms with van der Waals surface area (Å²) in [7, 11) is 0. The van der Waals surface area contributed by atoms with Crippen molar-refractivity contribution in [3.05, 3.63) is 65.7 Å². The van der Waals surface area contributed by atoms with Gasteiger partial charge in [-0.25, -0.2) is 0 Å². The van der Waals surface area contributed by atoms with Crippen LogP contribution in [0.5, 0.6) is 5.75 Å². The maximum absolute atomic E-state index is 12.0. The van der Waals surface area contributed by atoms with Crippen molar-refractivity contribution in [1.29, 1.82) is 0 Å². The molecule has 2 N–H and O–H groups in total. The minimum Gasteiger partial charge on any atom is -0.494 e. The molecule has 0 heterocycles. The molecule has 0 aromatic heterocycles. The Labute approximate surface area is 160 Å². The van der Waals surface area contributed by atoms with Gasteiger partial charge in [0, 0.05) is 23.9 Å². The molecule has 0 bridgehead atoms. The van der Waals surface area contributed by atoms with Gasteiger partial charge in [0.25, 0.3) is 5.91 Å². The first kappa shape index (κ1) is 20.2. The average Bonchev–Trinajstić information content (AvgIpc) is 2.68. The number of carbonyl (C=O) groups excluding carboxylic acids is 2. The van der Waals surface area contributed by atoms with Crippen LogP contribution in [0.4, 0.5) is 5.69 Å². The molecule has 0 aliphatic rings. The second-order valence-electron chi connectivity index (χ2n) is 6.01. The van der Waals surface area contributed by atoms with Crippen LogP contribution in [0.15, 0.2) is 54.6 Å². The van der Waals surface area contributed by atoms with Crippen molar-refractivity contribution in [3.63, 3.8) is 0 Å². The zero-order chi connectivity index (χ0) is 19.5. The van der Waals surface area contributed by atoms with Crippen molar-refractivity contribution < 1.29 is 14.3 Å². The molecule has 0 aliphatic carbocycles. The molecule has 0 unspecified atom stereocenters. The van der Waals surface area contributed by atoms with Crippen LogP contribution >= 0.6 is 0 Å². The molecule has 5 heteroatoms. The Morgan fingerprint density at radius 2 is 1.70 bits per heavy atom. The third kappa shape index (κ3) is 6.98. The number of benzene rings is 2. The summed E-state index contributed by atoms with van der Waals surface area (Å²) in [5.41, 5.74) is 2.13. The van der Waals surface area contributed by atoms with E-state index < -0.39 is 0 Å². The van der Waals surface area contributed by atoms with Gasteiger partial charge < -0.3 is 15.4 Å². The van der Waals surface area contributed by atoms with Crippen molar-refractivity contribution in [2.24, 2.45) is 0 Å². The van der Waals surface area contributed by atoms with Crippen LogP contribution in [0.1, 0.15) is 42.6 Å². The van der Waals surface area contributed by atoms with Crippen molar-refractivity contribution in [2.45, 2.75) is 26.7 Å². The first-order valence-corrected chi connectivity index (χ1v) is 9.22. The molecule has 2 amide bonds. The zero-order valence-electron chi connectivity index (χ0n) is 15.8. The molecule has 5 nitrogen and oxygen atoms in total. The summed E-state index contributed by atoms with van der Waals surface area (Å²) in [4.78, 5) is 24.0. The average molecular weight is 366 g/mol. The summed E-state index contributed by atoms with van der Waals surface area (Å²) >= 11 is 0. The predicted octanol–water partition coefficient (Wildman–Crippen LogP) is 4.27. The normalized spacial score (nSPS) is 10.6. The molecule has 0 spiro atoms. The third-order valence-electron chi connectivity index (χ3n) is 3.85. The summed E-state index contributed by atoms with van der Waals surface area (Å²) in [6.07, 6.45) is 5.21. The highest BCUT2D eigenvalue weighted by molar-refractivity contribution is 6.02. The maximum atomic E-state index is 12.0. The van der Waals surface area contributed by atoms with Gasteiger partial charge in [-0.2, -0.15) is 0 Å². The van der Waals surface area contributed by atoms with Gasteiger partial charge in [0.15, 0.2) is 0 Å². The Morgan fingerprint density at radius 3 is 2.33 bits per heavy atom. The fraction of sp³-hybridized carbons (Fsp3) is 0.273. The Kier molecular flexibility index (Phi) is 8.10. The number of nitrogens with one attached hydrogen (secondary N) is 2. The van der Waals surface area contributed by atoms with E-state index >= 15 is 0 Å². The van der Waals surface area contributed by atoms with Crippen LogP contribution in [0.2, 0.25) is 0 Å². The quantitative estimate of drug-likeness (QED) is 0.514. The molecule has 27 heavy (non-hydrogen) atoms. The third-order valence-corrected chi connectivity index (χ3v) is 3.85. The lowest BCUT2D eigenvalue weighted by atomic mass is 10.2.